The van der Waals surface area contributed by atoms with Crippen molar-refractivity contribution in [1.29, 1.82) is 0 Å². The van der Waals surface area contributed by atoms with E-state index >= 15 is 0 Å². The summed E-state index contributed by atoms with van der Waals surface area (Å²) in [4.78, 5) is 25.3. The topological polar surface area (TPSA) is 95.9 Å². The van der Waals surface area contributed by atoms with Crippen LogP contribution in [0.25, 0.3) is 0 Å². The van der Waals surface area contributed by atoms with Crippen LogP contribution in [0.5, 0.6) is 0 Å². The van der Waals surface area contributed by atoms with Gasteiger partial charge in [-0.05, 0) is 18.9 Å². The molecular formula is C18H27NO6. The molecule has 0 aliphatic carbocycles. The lowest BCUT2D eigenvalue weighted by Crippen LogP contribution is -2.49. The van der Waals surface area contributed by atoms with Crippen molar-refractivity contribution in [3.63, 3.8) is 0 Å². The molecule has 0 aromatic carbocycles. The van der Waals surface area contributed by atoms with Crippen LogP contribution < -0.4 is 0 Å². The Morgan fingerprint density at radius 1 is 1.40 bits per heavy atom. The number of esters is 2. The van der Waals surface area contributed by atoms with Crippen LogP contribution in [-0.2, 0) is 19.1 Å². The molecule has 0 spiro atoms. The Kier molecular flexibility index (Phi) is 4.46. The summed E-state index contributed by atoms with van der Waals surface area (Å²) in [5.74, 6) is -2.70. The number of rotatable bonds is 1. The van der Waals surface area contributed by atoms with Crippen LogP contribution in [0.1, 0.15) is 34.1 Å². The molecule has 0 amide bonds. The molecule has 25 heavy (non-hydrogen) atoms. The number of hydroxylamine groups is 3. The Morgan fingerprint density at radius 2 is 2.08 bits per heavy atom. The molecule has 2 saturated heterocycles. The predicted octanol–water partition coefficient (Wildman–Crippen LogP) is 1.14. The van der Waals surface area contributed by atoms with Gasteiger partial charge in [-0.3, -0.25) is 4.79 Å². The SMILES string of the molecule is CC(C)[C@H]1C(=O)O[C@@H]2CC[N@+]3([O-])CC=C(COC(=O)[C@](C)(O)[C@H]1C)[C@H]23. The molecule has 3 rings (SSSR count). The van der Waals surface area contributed by atoms with E-state index in [0.29, 0.717) is 25.1 Å². The van der Waals surface area contributed by atoms with Gasteiger partial charge in [0.15, 0.2) is 17.7 Å². The first-order valence-corrected chi connectivity index (χ1v) is 8.94. The summed E-state index contributed by atoms with van der Waals surface area (Å²) in [6, 6.07) is -0.511. The molecule has 3 heterocycles. The molecule has 7 nitrogen and oxygen atoms in total. The maximum Gasteiger partial charge on any atom is 0.338 e. The summed E-state index contributed by atoms with van der Waals surface area (Å²) in [5.41, 5.74) is -1.12. The molecule has 1 N–H and O–H groups in total. The number of hydrogen-bond acceptors (Lipinski definition) is 6. The van der Waals surface area contributed by atoms with E-state index < -0.39 is 46.2 Å². The molecule has 0 bridgehead atoms. The second-order valence-corrected chi connectivity index (χ2v) is 8.13. The average Bonchev–Trinajstić information content (AvgIpc) is 3.00. The van der Waals surface area contributed by atoms with E-state index in [0.717, 1.165) is 0 Å². The van der Waals surface area contributed by atoms with E-state index in [2.05, 4.69) is 0 Å². The molecule has 0 aromatic rings. The van der Waals surface area contributed by atoms with E-state index in [9.17, 15) is 19.9 Å². The Balaban J connectivity index is 1.99. The van der Waals surface area contributed by atoms with Crippen molar-refractivity contribution < 1.29 is 28.8 Å². The van der Waals surface area contributed by atoms with Crippen LogP contribution in [0.4, 0.5) is 0 Å². The van der Waals surface area contributed by atoms with Gasteiger partial charge in [0.1, 0.15) is 6.61 Å². The summed E-state index contributed by atoms with van der Waals surface area (Å²) >= 11 is 0. The highest BCUT2D eigenvalue weighted by Crippen LogP contribution is 2.40. The van der Waals surface area contributed by atoms with Gasteiger partial charge in [-0.2, -0.15) is 0 Å². The van der Waals surface area contributed by atoms with Crippen molar-refractivity contribution in [2.45, 2.75) is 51.9 Å². The lowest BCUT2D eigenvalue weighted by Gasteiger charge is -2.40. The van der Waals surface area contributed by atoms with Crippen LogP contribution in [0.2, 0.25) is 0 Å². The largest absolute Gasteiger partial charge is 0.632 e. The molecule has 0 aromatic heterocycles. The van der Waals surface area contributed by atoms with Crippen molar-refractivity contribution in [3.05, 3.63) is 16.9 Å². The number of carbonyl (C=O) groups is 2. The highest BCUT2D eigenvalue weighted by atomic mass is 16.6. The van der Waals surface area contributed by atoms with Gasteiger partial charge in [0.2, 0.25) is 0 Å². The first kappa shape index (κ1) is 18.4. The van der Waals surface area contributed by atoms with Crippen molar-refractivity contribution >= 4 is 11.9 Å². The van der Waals surface area contributed by atoms with Gasteiger partial charge >= 0.3 is 11.9 Å². The van der Waals surface area contributed by atoms with Gasteiger partial charge in [0.05, 0.1) is 19.0 Å². The van der Waals surface area contributed by atoms with E-state index in [4.69, 9.17) is 9.47 Å². The highest BCUT2D eigenvalue weighted by Gasteiger charge is 2.53. The Hall–Kier alpha value is -1.44. The number of quaternary nitrogens is 1. The third kappa shape index (κ3) is 2.88. The van der Waals surface area contributed by atoms with Crippen molar-refractivity contribution in [2.75, 3.05) is 19.7 Å². The lowest BCUT2D eigenvalue weighted by molar-refractivity contribution is -0.877. The zero-order chi connectivity index (χ0) is 18.6. The first-order chi connectivity index (χ1) is 11.6. The summed E-state index contributed by atoms with van der Waals surface area (Å²) in [7, 11) is 0. The quantitative estimate of drug-likeness (QED) is 0.329. The van der Waals surface area contributed by atoms with Gasteiger partial charge < -0.3 is 24.4 Å². The number of carbonyl (C=O) groups excluding carboxylic acids is 2. The van der Waals surface area contributed by atoms with E-state index in [1.54, 1.807) is 13.0 Å². The molecule has 140 valence electrons. The molecule has 3 aliphatic heterocycles. The molecule has 0 saturated carbocycles. The highest BCUT2D eigenvalue weighted by molar-refractivity contribution is 5.81. The summed E-state index contributed by atoms with van der Waals surface area (Å²) in [6.45, 7) is 7.38. The van der Waals surface area contributed by atoms with Gasteiger partial charge in [0, 0.05) is 17.9 Å². The molecule has 0 radical (unpaired) electrons. The fraction of sp³-hybridized carbons (Fsp3) is 0.778. The summed E-state index contributed by atoms with van der Waals surface area (Å²) in [6.07, 6.45) is 1.77. The molecular weight excluding hydrogens is 326 g/mol. The number of aliphatic hydroxyl groups is 1. The number of ether oxygens (including phenoxy) is 2. The first-order valence-electron chi connectivity index (χ1n) is 8.94. The third-order valence-corrected chi connectivity index (χ3v) is 6.16. The zero-order valence-corrected chi connectivity index (χ0v) is 15.2. The predicted molar refractivity (Wildman–Crippen MR) is 88.8 cm³/mol. The molecule has 0 unspecified atom stereocenters. The molecule has 6 atom stereocenters. The average molecular weight is 353 g/mol. The minimum atomic E-state index is -1.81. The Morgan fingerprint density at radius 3 is 2.72 bits per heavy atom. The molecule has 3 aliphatic rings. The van der Waals surface area contributed by atoms with Crippen LogP contribution in [-0.4, -0.2) is 59.1 Å². The van der Waals surface area contributed by atoms with Crippen LogP contribution >= 0.6 is 0 Å². The summed E-state index contributed by atoms with van der Waals surface area (Å²) < 4.78 is 10.6. The fourth-order valence-corrected chi connectivity index (χ4v) is 4.46. The third-order valence-electron chi connectivity index (χ3n) is 6.16. The number of hydrogen-bond donors (Lipinski definition) is 1. The minimum absolute atomic E-state index is 0.0466. The van der Waals surface area contributed by atoms with Crippen LogP contribution in [0.3, 0.4) is 0 Å². The fourth-order valence-electron chi connectivity index (χ4n) is 4.46. The van der Waals surface area contributed by atoms with Crippen molar-refractivity contribution in [1.82, 2.24) is 0 Å². The molecule has 7 heteroatoms. The van der Waals surface area contributed by atoms with Gasteiger partial charge in [-0.25, -0.2) is 4.79 Å². The van der Waals surface area contributed by atoms with Gasteiger partial charge in [-0.1, -0.05) is 20.8 Å². The lowest BCUT2D eigenvalue weighted by atomic mass is 9.75. The second kappa shape index (κ2) is 6.07. The Labute approximate surface area is 147 Å². The van der Waals surface area contributed by atoms with Crippen molar-refractivity contribution in [3.8, 4) is 0 Å². The second-order valence-electron chi connectivity index (χ2n) is 8.13. The van der Waals surface area contributed by atoms with Gasteiger partial charge in [-0.15, -0.1) is 0 Å². The van der Waals surface area contributed by atoms with Crippen molar-refractivity contribution in [2.24, 2.45) is 17.8 Å². The minimum Gasteiger partial charge on any atom is -0.632 e. The Bertz CT molecular complexity index is 613. The standard InChI is InChI=1S/C18H27NO6/c1-10(2)14-11(3)18(4,22)17(21)24-9-12-5-7-19(23)8-6-13(15(12)19)25-16(14)20/h5,10-11,13-15,22H,6-9H2,1-4H3/t11-,13+,14+,15+,18+,19+/m0/s1. The monoisotopic (exact) mass is 353 g/mol. The van der Waals surface area contributed by atoms with E-state index in [-0.39, 0.29) is 12.5 Å². The molecule has 2 fully saturated rings. The number of nitrogens with zero attached hydrogens (tertiary/aromatic N) is 1. The van der Waals surface area contributed by atoms with E-state index in [1.807, 2.05) is 13.8 Å². The van der Waals surface area contributed by atoms with Crippen LogP contribution in [0.15, 0.2) is 11.6 Å². The van der Waals surface area contributed by atoms with E-state index in [1.165, 1.54) is 6.92 Å². The normalized spacial score (nSPS) is 44.7. The smallest absolute Gasteiger partial charge is 0.338 e. The van der Waals surface area contributed by atoms with Crippen LogP contribution in [0, 0.1) is 23.0 Å². The number of cyclic esters (lactones) is 1. The van der Waals surface area contributed by atoms with Gasteiger partial charge in [0.25, 0.3) is 0 Å². The zero-order valence-electron chi connectivity index (χ0n) is 15.2. The maximum absolute atomic E-state index is 12.9. The summed E-state index contributed by atoms with van der Waals surface area (Å²) in [5, 5.41) is 23.6. The maximum atomic E-state index is 12.9.